The van der Waals surface area contributed by atoms with Crippen LogP contribution in [0.1, 0.15) is 28.4 Å². The average molecular weight is 465 g/mol. The standard InChI is InChI=1S/C25H24N2O5S/c1-17-7-5-10-21(15-17)26-24(28)18(2)32-25(29)20-9-6-11-22(16-20)33(30,31)27-14-13-19-8-3-4-12-23(19)27/h3-12,15-16,18H,13-14H2,1-2H3,(H,26,28). The number of para-hydroxylation sites is 1. The van der Waals surface area contributed by atoms with Gasteiger partial charge in [0.15, 0.2) is 6.10 Å². The summed E-state index contributed by atoms with van der Waals surface area (Å²) in [5.74, 6) is -1.26. The Kier molecular flexibility index (Phi) is 6.20. The maximum atomic E-state index is 13.2. The predicted molar refractivity (Wildman–Crippen MR) is 126 cm³/mol. The molecule has 1 aliphatic rings. The van der Waals surface area contributed by atoms with Crippen molar-refractivity contribution in [2.24, 2.45) is 0 Å². The molecule has 0 saturated carbocycles. The van der Waals surface area contributed by atoms with Crippen LogP contribution in [0.2, 0.25) is 0 Å². The Morgan fingerprint density at radius 3 is 2.55 bits per heavy atom. The Hall–Kier alpha value is -3.65. The molecule has 0 saturated heterocycles. The van der Waals surface area contributed by atoms with Gasteiger partial charge in [-0.2, -0.15) is 0 Å². The van der Waals surface area contributed by atoms with E-state index in [0.717, 1.165) is 11.1 Å². The number of amides is 1. The van der Waals surface area contributed by atoms with E-state index in [4.69, 9.17) is 4.74 Å². The summed E-state index contributed by atoms with van der Waals surface area (Å²) >= 11 is 0. The van der Waals surface area contributed by atoms with Crippen LogP contribution in [0.3, 0.4) is 0 Å². The van der Waals surface area contributed by atoms with Crippen molar-refractivity contribution in [1.82, 2.24) is 0 Å². The molecule has 1 amide bonds. The van der Waals surface area contributed by atoms with Crippen LogP contribution in [0.15, 0.2) is 77.7 Å². The highest BCUT2D eigenvalue weighted by Gasteiger charge is 2.31. The number of sulfonamides is 1. The Morgan fingerprint density at radius 2 is 1.76 bits per heavy atom. The van der Waals surface area contributed by atoms with Crippen molar-refractivity contribution in [2.75, 3.05) is 16.2 Å². The van der Waals surface area contributed by atoms with Gasteiger partial charge in [-0.05, 0) is 67.8 Å². The van der Waals surface area contributed by atoms with Crippen molar-refractivity contribution in [3.63, 3.8) is 0 Å². The van der Waals surface area contributed by atoms with Gasteiger partial charge < -0.3 is 10.1 Å². The lowest BCUT2D eigenvalue weighted by Crippen LogP contribution is -2.30. The number of carbonyl (C=O) groups excluding carboxylic acids is 2. The molecule has 0 spiro atoms. The fraction of sp³-hybridized carbons (Fsp3) is 0.200. The molecule has 4 rings (SSSR count). The molecule has 1 N–H and O–H groups in total. The van der Waals surface area contributed by atoms with E-state index in [1.165, 1.54) is 35.5 Å². The van der Waals surface area contributed by atoms with Crippen LogP contribution >= 0.6 is 0 Å². The summed E-state index contributed by atoms with van der Waals surface area (Å²) in [7, 11) is -3.85. The Labute approximate surface area is 193 Å². The molecule has 0 fully saturated rings. The van der Waals surface area contributed by atoms with E-state index in [1.54, 1.807) is 24.3 Å². The molecule has 3 aromatic rings. The first-order valence-electron chi connectivity index (χ1n) is 10.5. The van der Waals surface area contributed by atoms with Crippen LogP contribution in [0, 0.1) is 6.92 Å². The van der Waals surface area contributed by atoms with Crippen LogP contribution in [-0.2, 0) is 26.0 Å². The minimum absolute atomic E-state index is 0.00878. The smallest absolute Gasteiger partial charge is 0.338 e. The molecule has 33 heavy (non-hydrogen) atoms. The average Bonchev–Trinajstić information content (AvgIpc) is 3.24. The van der Waals surface area contributed by atoms with Gasteiger partial charge in [0.1, 0.15) is 0 Å². The zero-order valence-corrected chi connectivity index (χ0v) is 19.1. The predicted octanol–water partition coefficient (Wildman–Crippen LogP) is 3.93. The normalized spacial score (nSPS) is 13.8. The molecule has 7 nitrogen and oxygen atoms in total. The number of fused-ring (bicyclic) bond motifs is 1. The maximum absolute atomic E-state index is 13.2. The van der Waals surface area contributed by atoms with Crippen LogP contribution in [0.5, 0.6) is 0 Å². The van der Waals surface area contributed by atoms with E-state index in [9.17, 15) is 18.0 Å². The number of aryl methyl sites for hydroxylation is 1. The van der Waals surface area contributed by atoms with Gasteiger partial charge in [0.2, 0.25) is 0 Å². The molecule has 0 aliphatic carbocycles. The number of nitrogens with zero attached hydrogens (tertiary/aromatic N) is 1. The molecular weight excluding hydrogens is 440 g/mol. The highest BCUT2D eigenvalue weighted by Crippen LogP contribution is 2.32. The lowest BCUT2D eigenvalue weighted by atomic mass is 10.2. The third kappa shape index (κ3) is 4.75. The summed E-state index contributed by atoms with van der Waals surface area (Å²) in [5.41, 5.74) is 3.24. The van der Waals surface area contributed by atoms with Gasteiger partial charge in [-0.15, -0.1) is 0 Å². The van der Waals surface area contributed by atoms with Crippen molar-refractivity contribution >= 4 is 33.3 Å². The van der Waals surface area contributed by atoms with Crippen LogP contribution in [0.25, 0.3) is 0 Å². The summed E-state index contributed by atoms with van der Waals surface area (Å²) in [5, 5.41) is 2.70. The zero-order chi connectivity index (χ0) is 23.6. The van der Waals surface area contributed by atoms with E-state index >= 15 is 0 Å². The summed E-state index contributed by atoms with van der Waals surface area (Å²) in [6.07, 6.45) is -0.436. The van der Waals surface area contributed by atoms with E-state index in [1.807, 2.05) is 31.2 Å². The van der Waals surface area contributed by atoms with Gasteiger partial charge in [-0.3, -0.25) is 9.10 Å². The molecule has 0 bridgehead atoms. The minimum atomic E-state index is -3.85. The molecule has 170 valence electrons. The third-order valence-corrected chi connectivity index (χ3v) is 7.25. The number of hydrogen-bond acceptors (Lipinski definition) is 5. The van der Waals surface area contributed by atoms with Crippen LogP contribution in [0.4, 0.5) is 11.4 Å². The van der Waals surface area contributed by atoms with Crippen molar-refractivity contribution < 1.29 is 22.7 Å². The van der Waals surface area contributed by atoms with Gasteiger partial charge in [0.05, 0.1) is 16.1 Å². The van der Waals surface area contributed by atoms with E-state index < -0.39 is 28.0 Å². The quantitative estimate of drug-likeness (QED) is 0.558. The molecule has 8 heteroatoms. The first kappa shape index (κ1) is 22.5. The second kappa shape index (κ2) is 9.07. The monoisotopic (exact) mass is 464 g/mol. The fourth-order valence-electron chi connectivity index (χ4n) is 3.72. The summed E-state index contributed by atoms with van der Waals surface area (Å²) in [6, 6.07) is 20.3. The van der Waals surface area contributed by atoms with Crippen molar-refractivity contribution in [1.29, 1.82) is 0 Å². The van der Waals surface area contributed by atoms with Gasteiger partial charge in [0.25, 0.3) is 15.9 Å². The minimum Gasteiger partial charge on any atom is -0.449 e. The summed E-state index contributed by atoms with van der Waals surface area (Å²) < 4.78 is 33.1. The number of carbonyl (C=O) groups is 2. The maximum Gasteiger partial charge on any atom is 0.338 e. The lowest BCUT2D eigenvalue weighted by Gasteiger charge is -2.20. The molecule has 0 aromatic heterocycles. The lowest BCUT2D eigenvalue weighted by molar-refractivity contribution is -0.123. The van der Waals surface area contributed by atoms with Gasteiger partial charge >= 0.3 is 5.97 Å². The largest absolute Gasteiger partial charge is 0.449 e. The Morgan fingerprint density at radius 1 is 1.00 bits per heavy atom. The molecule has 1 aliphatic heterocycles. The number of benzene rings is 3. The highest BCUT2D eigenvalue weighted by molar-refractivity contribution is 7.92. The second-order valence-electron chi connectivity index (χ2n) is 7.89. The third-order valence-electron chi connectivity index (χ3n) is 5.44. The van der Waals surface area contributed by atoms with Crippen molar-refractivity contribution in [2.45, 2.75) is 31.3 Å². The first-order chi connectivity index (χ1) is 15.8. The molecule has 1 atom stereocenters. The van der Waals surface area contributed by atoms with E-state index in [2.05, 4.69) is 5.32 Å². The molecule has 0 radical (unpaired) electrons. The highest BCUT2D eigenvalue weighted by atomic mass is 32.2. The SMILES string of the molecule is Cc1cccc(NC(=O)C(C)OC(=O)c2cccc(S(=O)(=O)N3CCc4ccccc43)c2)c1. The zero-order valence-electron chi connectivity index (χ0n) is 18.3. The fourth-order valence-corrected chi connectivity index (χ4v) is 5.27. The Balaban J connectivity index is 1.48. The van der Waals surface area contributed by atoms with Gasteiger partial charge in [-0.1, -0.05) is 36.4 Å². The van der Waals surface area contributed by atoms with Gasteiger partial charge in [0, 0.05) is 12.2 Å². The van der Waals surface area contributed by atoms with Crippen molar-refractivity contribution in [3.05, 3.63) is 89.5 Å². The molecule has 1 heterocycles. The summed E-state index contributed by atoms with van der Waals surface area (Å²) in [4.78, 5) is 25.1. The Bertz CT molecular complexity index is 1320. The number of nitrogens with one attached hydrogen (secondary N) is 1. The number of hydrogen-bond donors (Lipinski definition) is 1. The van der Waals surface area contributed by atoms with E-state index in [0.29, 0.717) is 24.3 Å². The first-order valence-corrected chi connectivity index (χ1v) is 12.0. The molecule has 3 aromatic carbocycles. The van der Waals surface area contributed by atoms with Crippen LogP contribution in [-0.4, -0.2) is 32.9 Å². The number of ether oxygens (including phenoxy) is 1. The summed E-state index contributed by atoms with van der Waals surface area (Å²) in [6.45, 7) is 3.71. The van der Waals surface area contributed by atoms with Crippen LogP contribution < -0.4 is 9.62 Å². The second-order valence-corrected chi connectivity index (χ2v) is 9.75. The number of anilines is 2. The van der Waals surface area contributed by atoms with E-state index in [-0.39, 0.29) is 10.5 Å². The topological polar surface area (TPSA) is 92.8 Å². The van der Waals surface area contributed by atoms with Gasteiger partial charge in [-0.25, -0.2) is 13.2 Å². The molecular formula is C25H24N2O5S. The van der Waals surface area contributed by atoms with Crippen molar-refractivity contribution in [3.8, 4) is 0 Å². The number of esters is 1. The molecule has 1 unspecified atom stereocenters. The number of rotatable bonds is 6.